The molecule has 0 unspecified atom stereocenters. The summed E-state index contributed by atoms with van der Waals surface area (Å²) in [5.74, 6) is -0.696. The number of hydrogen-bond acceptors (Lipinski definition) is 4. The van der Waals surface area contributed by atoms with Crippen molar-refractivity contribution in [2.75, 3.05) is 12.4 Å². The number of fused-ring (bicyclic) bond motifs is 1. The van der Waals surface area contributed by atoms with E-state index in [1.807, 2.05) is 30.3 Å². The summed E-state index contributed by atoms with van der Waals surface area (Å²) in [6.45, 7) is 0.264. The van der Waals surface area contributed by atoms with E-state index in [0.29, 0.717) is 22.5 Å². The lowest BCUT2D eigenvalue weighted by Gasteiger charge is -2.08. The number of methoxy groups -OCH3 is 1. The largest absolute Gasteiger partial charge is 0.478 e. The minimum absolute atomic E-state index is 0.0786. The van der Waals surface area contributed by atoms with Crippen molar-refractivity contribution in [3.8, 4) is 0 Å². The molecule has 1 aromatic heterocycles. The molecule has 0 fully saturated rings. The van der Waals surface area contributed by atoms with Gasteiger partial charge in [0.15, 0.2) is 0 Å². The number of aryl methyl sites for hydroxylation is 1. The number of aromatic nitrogens is 2. The third-order valence-electron chi connectivity index (χ3n) is 4.06. The van der Waals surface area contributed by atoms with E-state index in [-0.39, 0.29) is 24.5 Å². The molecule has 0 spiro atoms. The molecule has 7 heteroatoms. The van der Waals surface area contributed by atoms with Crippen LogP contribution in [0.1, 0.15) is 21.7 Å². The Kier molecular flexibility index (Phi) is 4.99. The average Bonchev–Trinajstić information content (AvgIpc) is 2.91. The molecule has 1 amide bonds. The number of anilines is 1. The van der Waals surface area contributed by atoms with Crippen LogP contribution in [0, 0.1) is 0 Å². The average molecular weight is 353 g/mol. The van der Waals surface area contributed by atoms with Crippen LogP contribution in [0.25, 0.3) is 11.0 Å². The van der Waals surface area contributed by atoms with Gasteiger partial charge in [-0.15, -0.1) is 0 Å². The molecule has 26 heavy (non-hydrogen) atoms. The van der Waals surface area contributed by atoms with Crippen LogP contribution < -0.4 is 5.32 Å². The van der Waals surface area contributed by atoms with Gasteiger partial charge in [0.25, 0.3) is 0 Å². The van der Waals surface area contributed by atoms with E-state index in [1.165, 1.54) is 6.07 Å². The Morgan fingerprint density at radius 2 is 1.96 bits per heavy atom. The van der Waals surface area contributed by atoms with Crippen molar-refractivity contribution < 1.29 is 19.4 Å². The predicted molar refractivity (Wildman–Crippen MR) is 97.2 cm³/mol. The summed E-state index contributed by atoms with van der Waals surface area (Å²) >= 11 is 0. The van der Waals surface area contributed by atoms with Crippen LogP contribution in [-0.2, 0) is 29.6 Å². The van der Waals surface area contributed by atoms with E-state index in [2.05, 4.69) is 10.3 Å². The van der Waals surface area contributed by atoms with Gasteiger partial charge in [-0.2, -0.15) is 0 Å². The number of carbonyl (C=O) groups is 2. The fourth-order valence-corrected chi connectivity index (χ4v) is 2.88. The fraction of sp³-hybridized carbons (Fsp3) is 0.211. The van der Waals surface area contributed by atoms with E-state index < -0.39 is 5.97 Å². The number of rotatable bonds is 6. The molecule has 3 rings (SSSR count). The minimum atomic E-state index is -1.08. The smallest absolute Gasteiger partial charge is 0.337 e. The molecule has 3 aromatic rings. The summed E-state index contributed by atoms with van der Waals surface area (Å²) in [5, 5.41) is 12.3. The zero-order valence-corrected chi connectivity index (χ0v) is 14.5. The lowest BCUT2D eigenvalue weighted by Crippen LogP contribution is -2.15. The third-order valence-corrected chi connectivity index (χ3v) is 4.06. The van der Waals surface area contributed by atoms with Gasteiger partial charge in [0.05, 0.1) is 23.0 Å². The zero-order valence-electron chi connectivity index (χ0n) is 14.5. The van der Waals surface area contributed by atoms with Crippen molar-refractivity contribution in [1.29, 1.82) is 0 Å². The van der Waals surface area contributed by atoms with Crippen LogP contribution in [0.15, 0.2) is 42.5 Å². The number of amides is 1. The maximum atomic E-state index is 12.3. The van der Waals surface area contributed by atoms with Crippen LogP contribution in [-0.4, -0.2) is 33.6 Å². The minimum Gasteiger partial charge on any atom is -0.478 e. The number of carbonyl (C=O) groups excluding carboxylic acids is 1. The molecular formula is C19H19N3O4. The summed E-state index contributed by atoms with van der Waals surface area (Å²) in [5.41, 5.74) is 2.34. The lowest BCUT2D eigenvalue weighted by atomic mass is 10.1. The number of ether oxygens (including phenoxy) is 1. The quantitative estimate of drug-likeness (QED) is 0.710. The highest BCUT2D eigenvalue weighted by Crippen LogP contribution is 2.25. The Morgan fingerprint density at radius 3 is 2.62 bits per heavy atom. The Hall–Kier alpha value is -3.19. The zero-order chi connectivity index (χ0) is 18.7. The second-order valence-corrected chi connectivity index (χ2v) is 5.93. The van der Waals surface area contributed by atoms with Crippen molar-refractivity contribution in [2.45, 2.75) is 13.0 Å². The molecule has 0 aliphatic rings. The van der Waals surface area contributed by atoms with Gasteiger partial charge in [-0.3, -0.25) is 4.79 Å². The highest BCUT2D eigenvalue weighted by molar-refractivity contribution is 6.04. The van der Waals surface area contributed by atoms with E-state index in [1.54, 1.807) is 24.8 Å². The first-order valence-corrected chi connectivity index (χ1v) is 8.05. The maximum Gasteiger partial charge on any atom is 0.337 e. The van der Waals surface area contributed by atoms with Crippen LogP contribution in [0.2, 0.25) is 0 Å². The molecule has 7 nitrogen and oxygen atoms in total. The molecule has 2 N–H and O–H groups in total. The Morgan fingerprint density at radius 1 is 1.23 bits per heavy atom. The van der Waals surface area contributed by atoms with Gasteiger partial charge in [-0.1, -0.05) is 30.3 Å². The highest BCUT2D eigenvalue weighted by Gasteiger charge is 2.18. The molecule has 134 valence electrons. The Labute approximate surface area is 150 Å². The SMILES string of the molecule is COCc1nc2cc(NC(=O)Cc3ccccc3)cc(C(=O)O)c2n1C. The molecule has 2 aromatic carbocycles. The van der Waals surface area contributed by atoms with Crippen molar-refractivity contribution in [2.24, 2.45) is 7.05 Å². The van der Waals surface area contributed by atoms with E-state index in [4.69, 9.17) is 4.74 Å². The number of nitrogens with zero attached hydrogens (tertiary/aromatic N) is 2. The van der Waals surface area contributed by atoms with Gasteiger partial charge in [0.2, 0.25) is 5.91 Å². The molecule has 0 aliphatic heterocycles. The standard InChI is InChI=1S/C19H19N3O4/c1-22-16(11-26-2)21-15-10-13(9-14(18(15)22)19(24)25)20-17(23)8-12-6-4-3-5-7-12/h3-7,9-10H,8,11H2,1-2H3,(H,20,23)(H,24,25). The Bertz CT molecular complexity index is 964. The normalized spacial score (nSPS) is 10.8. The first-order valence-electron chi connectivity index (χ1n) is 8.05. The van der Waals surface area contributed by atoms with Crippen molar-refractivity contribution >= 4 is 28.6 Å². The summed E-state index contributed by atoms with van der Waals surface area (Å²) in [4.78, 5) is 28.4. The monoisotopic (exact) mass is 353 g/mol. The summed E-state index contributed by atoms with van der Waals surface area (Å²) in [6.07, 6.45) is 0.207. The second-order valence-electron chi connectivity index (χ2n) is 5.93. The first kappa shape index (κ1) is 17.6. The van der Waals surface area contributed by atoms with Gasteiger partial charge in [0.1, 0.15) is 12.4 Å². The maximum absolute atomic E-state index is 12.3. The highest BCUT2D eigenvalue weighted by atomic mass is 16.5. The number of carboxylic acids is 1. The fourth-order valence-electron chi connectivity index (χ4n) is 2.88. The topological polar surface area (TPSA) is 93.4 Å². The molecule has 1 heterocycles. The van der Waals surface area contributed by atoms with Gasteiger partial charge >= 0.3 is 5.97 Å². The van der Waals surface area contributed by atoms with Gasteiger partial charge in [-0.25, -0.2) is 9.78 Å². The number of hydrogen-bond donors (Lipinski definition) is 2. The molecule has 0 radical (unpaired) electrons. The van der Waals surface area contributed by atoms with Crippen LogP contribution in [0.4, 0.5) is 5.69 Å². The Balaban J connectivity index is 1.93. The number of aromatic carboxylic acids is 1. The number of benzene rings is 2. The number of imidazole rings is 1. The van der Waals surface area contributed by atoms with Crippen LogP contribution in [0.5, 0.6) is 0 Å². The summed E-state index contributed by atoms with van der Waals surface area (Å²) < 4.78 is 6.79. The van der Waals surface area contributed by atoms with Crippen molar-refractivity contribution in [3.05, 3.63) is 59.4 Å². The third kappa shape index (κ3) is 3.57. The molecule has 0 bridgehead atoms. The molecule has 0 saturated heterocycles. The number of nitrogens with one attached hydrogen (secondary N) is 1. The van der Waals surface area contributed by atoms with Crippen LogP contribution >= 0.6 is 0 Å². The molecule has 0 aliphatic carbocycles. The van der Waals surface area contributed by atoms with E-state index in [9.17, 15) is 14.7 Å². The van der Waals surface area contributed by atoms with E-state index >= 15 is 0 Å². The van der Waals surface area contributed by atoms with Gasteiger partial charge in [-0.05, 0) is 17.7 Å². The summed E-state index contributed by atoms with van der Waals surface area (Å²) in [6, 6.07) is 12.5. The second kappa shape index (κ2) is 7.37. The number of carboxylic acid groups (broad SMARTS) is 1. The van der Waals surface area contributed by atoms with Gasteiger partial charge < -0.3 is 19.7 Å². The first-order chi connectivity index (χ1) is 12.5. The van der Waals surface area contributed by atoms with Crippen LogP contribution in [0.3, 0.4) is 0 Å². The summed E-state index contributed by atoms with van der Waals surface area (Å²) in [7, 11) is 3.29. The van der Waals surface area contributed by atoms with E-state index in [0.717, 1.165) is 5.56 Å². The molecule has 0 saturated carbocycles. The van der Waals surface area contributed by atoms with Crippen molar-refractivity contribution in [3.63, 3.8) is 0 Å². The lowest BCUT2D eigenvalue weighted by molar-refractivity contribution is -0.115. The molecular weight excluding hydrogens is 334 g/mol. The predicted octanol–water partition coefficient (Wildman–Crippen LogP) is 2.60. The van der Waals surface area contributed by atoms with Gasteiger partial charge in [0, 0.05) is 19.8 Å². The van der Waals surface area contributed by atoms with Crippen molar-refractivity contribution in [1.82, 2.24) is 9.55 Å². The molecule has 0 atom stereocenters.